The van der Waals surface area contributed by atoms with E-state index in [9.17, 15) is 0 Å². The molecule has 0 amide bonds. The van der Waals surface area contributed by atoms with Gasteiger partial charge in [-0.05, 0) is 11.6 Å². The third-order valence-corrected chi connectivity index (χ3v) is 2.40. The molecule has 0 unspecified atom stereocenters. The zero-order valence-corrected chi connectivity index (χ0v) is 8.94. The van der Waals surface area contributed by atoms with Crippen LogP contribution in [0.2, 0.25) is 5.28 Å². The van der Waals surface area contributed by atoms with E-state index >= 15 is 0 Å². The minimum atomic E-state index is -0.125. The van der Waals surface area contributed by atoms with Crippen molar-refractivity contribution < 1.29 is 9.84 Å². The number of aliphatic hydroxyl groups is 1. The summed E-state index contributed by atoms with van der Waals surface area (Å²) in [6.45, 7) is 2.84. The minimum Gasteiger partial charge on any atom is -0.390 e. The predicted molar refractivity (Wildman–Crippen MR) is 56.0 cm³/mol. The molecule has 1 aromatic rings. The van der Waals surface area contributed by atoms with Crippen molar-refractivity contribution in [3.63, 3.8) is 0 Å². The summed E-state index contributed by atoms with van der Waals surface area (Å²) in [4.78, 5) is 10.1. The monoisotopic (exact) mass is 229 g/mol. The first-order valence-electron chi connectivity index (χ1n) is 4.76. The largest absolute Gasteiger partial charge is 0.390 e. The van der Waals surface area contributed by atoms with E-state index in [4.69, 9.17) is 21.4 Å². The first-order valence-corrected chi connectivity index (χ1v) is 5.14. The van der Waals surface area contributed by atoms with Crippen LogP contribution in [-0.4, -0.2) is 41.4 Å². The van der Waals surface area contributed by atoms with Crippen LogP contribution in [0.25, 0.3) is 0 Å². The highest BCUT2D eigenvalue weighted by molar-refractivity contribution is 6.28. The van der Waals surface area contributed by atoms with Crippen molar-refractivity contribution in [3.8, 4) is 0 Å². The van der Waals surface area contributed by atoms with Crippen LogP contribution in [-0.2, 0) is 11.3 Å². The van der Waals surface area contributed by atoms with Gasteiger partial charge in [0, 0.05) is 19.2 Å². The third-order valence-electron chi connectivity index (χ3n) is 2.24. The molecule has 0 bridgehead atoms. The molecule has 0 aliphatic carbocycles. The lowest BCUT2D eigenvalue weighted by Gasteiger charge is -2.27. The molecule has 0 saturated carbocycles. The van der Waals surface area contributed by atoms with Crippen molar-refractivity contribution in [3.05, 3.63) is 17.0 Å². The van der Waals surface area contributed by atoms with Crippen LogP contribution >= 0.6 is 11.6 Å². The van der Waals surface area contributed by atoms with Crippen LogP contribution in [0, 0.1) is 0 Å². The maximum Gasteiger partial charge on any atom is 0.224 e. The number of hydrogen-bond acceptors (Lipinski definition) is 5. The zero-order chi connectivity index (χ0) is 10.7. The highest BCUT2D eigenvalue weighted by atomic mass is 35.5. The molecule has 5 nitrogen and oxygen atoms in total. The van der Waals surface area contributed by atoms with Crippen molar-refractivity contribution in [2.45, 2.75) is 6.61 Å². The standard InChI is InChI=1S/C9H12ClN3O2/c10-9-11-7(6-14)5-8(12-9)13-1-3-15-4-2-13/h5,14H,1-4,6H2. The maximum absolute atomic E-state index is 8.99. The quantitative estimate of drug-likeness (QED) is 0.747. The molecule has 1 aliphatic rings. The van der Waals surface area contributed by atoms with Gasteiger partial charge in [-0.2, -0.15) is 0 Å². The number of morpholine rings is 1. The van der Waals surface area contributed by atoms with Gasteiger partial charge >= 0.3 is 0 Å². The van der Waals surface area contributed by atoms with E-state index in [1.807, 2.05) is 0 Å². The van der Waals surface area contributed by atoms with Crippen molar-refractivity contribution in [1.29, 1.82) is 0 Å². The van der Waals surface area contributed by atoms with Crippen molar-refractivity contribution in [1.82, 2.24) is 9.97 Å². The van der Waals surface area contributed by atoms with Gasteiger partial charge in [0.25, 0.3) is 0 Å². The summed E-state index contributed by atoms with van der Waals surface area (Å²) in [6.07, 6.45) is 0. The summed E-state index contributed by atoms with van der Waals surface area (Å²) in [6, 6.07) is 1.75. The Morgan fingerprint density at radius 3 is 2.80 bits per heavy atom. The summed E-state index contributed by atoms with van der Waals surface area (Å²) in [5.41, 5.74) is 0.538. The molecule has 1 aromatic heterocycles. The zero-order valence-electron chi connectivity index (χ0n) is 8.19. The van der Waals surface area contributed by atoms with E-state index in [0.717, 1.165) is 18.9 Å². The van der Waals surface area contributed by atoms with E-state index in [1.54, 1.807) is 6.07 Å². The predicted octanol–water partition coefficient (Wildman–Crippen LogP) is 0.459. The fraction of sp³-hybridized carbons (Fsp3) is 0.556. The molecular formula is C9H12ClN3O2. The molecule has 82 valence electrons. The summed E-state index contributed by atoms with van der Waals surface area (Å²) < 4.78 is 5.24. The smallest absolute Gasteiger partial charge is 0.224 e. The molecule has 0 radical (unpaired) electrons. The number of anilines is 1. The second kappa shape index (κ2) is 4.74. The van der Waals surface area contributed by atoms with Crippen LogP contribution in [0.4, 0.5) is 5.82 Å². The van der Waals surface area contributed by atoms with Gasteiger partial charge in [-0.25, -0.2) is 9.97 Å². The Morgan fingerprint density at radius 2 is 2.13 bits per heavy atom. The third kappa shape index (κ3) is 2.56. The molecule has 2 heterocycles. The van der Waals surface area contributed by atoms with Crippen LogP contribution < -0.4 is 4.90 Å². The number of hydrogen-bond donors (Lipinski definition) is 1. The fourth-order valence-electron chi connectivity index (χ4n) is 1.49. The number of ether oxygens (including phenoxy) is 1. The lowest BCUT2D eigenvalue weighted by molar-refractivity contribution is 0.122. The molecule has 1 fully saturated rings. The lowest BCUT2D eigenvalue weighted by Crippen LogP contribution is -2.36. The molecule has 2 rings (SSSR count). The van der Waals surface area contributed by atoms with E-state index in [-0.39, 0.29) is 11.9 Å². The summed E-state index contributed by atoms with van der Waals surface area (Å²) in [7, 11) is 0. The van der Waals surface area contributed by atoms with Gasteiger partial charge in [-0.1, -0.05) is 0 Å². The van der Waals surface area contributed by atoms with Gasteiger partial charge in [0.05, 0.1) is 25.5 Å². The Labute approximate surface area is 92.7 Å². The highest BCUT2D eigenvalue weighted by Crippen LogP contribution is 2.16. The van der Waals surface area contributed by atoms with Gasteiger partial charge in [-0.15, -0.1) is 0 Å². The summed E-state index contributed by atoms with van der Waals surface area (Å²) in [5, 5.41) is 9.16. The molecule has 1 N–H and O–H groups in total. The molecule has 1 aliphatic heterocycles. The van der Waals surface area contributed by atoms with Gasteiger partial charge in [-0.3, -0.25) is 0 Å². The number of nitrogens with zero attached hydrogens (tertiary/aromatic N) is 3. The highest BCUT2D eigenvalue weighted by Gasteiger charge is 2.14. The Kier molecular flexibility index (Phi) is 3.35. The van der Waals surface area contributed by atoms with Gasteiger partial charge < -0.3 is 14.7 Å². The van der Waals surface area contributed by atoms with Crippen LogP contribution in [0.3, 0.4) is 0 Å². The number of halogens is 1. The Bertz CT molecular complexity index is 342. The van der Waals surface area contributed by atoms with Crippen molar-refractivity contribution >= 4 is 17.4 Å². The Hall–Kier alpha value is -0.910. The van der Waals surface area contributed by atoms with E-state index in [2.05, 4.69) is 14.9 Å². The molecule has 0 spiro atoms. The second-order valence-corrected chi connectivity index (χ2v) is 3.58. The first kappa shape index (κ1) is 10.6. The van der Waals surface area contributed by atoms with Crippen molar-refractivity contribution in [2.75, 3.05) is 31.2 Å². The lowest BCUT2D eigenvalue weighted by atomic mass is 10.3. The molecule has 6 heteroatoms. The van der Waals surface area contributed by atoms with E-state index < -0.39 is 0 Å². The number of aromatic nitrogens is 2. The van der Waals surface area contributed by atoms with Crippen LogP contribution in [0.1, 0.15) is 5.69 Å². The average Bonchev–Trinajstić information content (AvgIpc) is 2.29. The Balaban J connectivity index is 2.22. The van der Waals surface area contributed by atoms with Crippen LogP contribution in [0.5, 0.6) is 0 Å². The SMILES string of the molecule is OCc1cc(N2CCOCC2)nc(Cl)n1. The van der Waals surface area contributed by atoms with Crippen molar-refractivity contribution in [2.24, 2.45) is 0 Å². The molecule has 15 heavy (non-hydrogen) atoms. The molecule has 0 atom stereocenters. The van der Waals surface area contributed by atoms with Gasteiger partial charge in [0.1, 0.15) is 5.82 Å². The topological polar surface area (TPSA) is 58.5 Å². The normalized spacial score (nSPS) is 16.8. The number of aliphatic hydroxyl groups excluding tert-OH is 1. The van der Waals surface area contributed by atoms with E-state index in [0.29, 0.717) is 18.9 Å². The van der Waals surface area contributed by atoms with Gasteiger partial charge in [0.2, 0.25) is 5.28 Å². The van der Waals surface area contributed by atoms with Gasteiger partial charge in [0.15, 0.2) is 0 Å². The Morgan fingerprint density at radius 1 is 1.40 bits per heavy atom. The molecular weight excluding hydrogens is 218 g/mol. The average molecular weight is 230 g/mol. The molecule has 1 saturated heterocycles. The molecule has 0 aromatic carbocycles. The second-order valence-electron chi connectivity index (χ2n) is 3.24. The minimum absolute atomic E-state index is 0.125. The fourth-order valence-corrected chi connectivity index (χ4v) is 1.68. The maximum atomic E-state index is 8.99. The van der Waals surface area contributed by atoms with Crippen LogP contribution in [0.15, 0.2) is 6.07 Å². The summed E-state index contributed by atoms with van der Waals surface area (Å²) >= 11 is 5.76. The number of rotatable bonds is 2. The van der Waals surface area contributed by atoms with E-state index in [1.165, 1.54) is 0 Å². The first-order chi connectivity index (χ1) is 7.29. The summed E-state index contributed by atoms with van der Waals surface area (Å²) in [5.74, 6) is 0.752.